The third-order valence-electron chi connectivity index (χ3n) is 4.15. The number of anilines is 1. The Morgan fingerprint density at radius 1 is 1.21 bits per heavy atom. The van der Waals surface area contributed by atoms with Gasteiger partial charge in [-0.05, 0) is 36.1 Å². The number of nitrogens with one attached hydrogen (secondary N) is 1. The second kappa shape index (κ2) is 7.14. The fraction of sp³-hybridized carbons (Fsp3) is 0.211. The lowest BCUT2D eigenvalue weighted by atomic mass is 9.97. The van der Waals surface area contributed by atoms with Crippen LogP contribution >= 0.6 is 34.5 Å². The number of halogens is 2. The van der Waals surface area contributed by atoms with Gasteiger partial charge in [-0.2, -0.15) is 0 Å². The Bertz CT molecular complexity index is 904. The highest BCUT2D eigenvalue weighted by Crippen LogP contribution is 2.37. The first-order valence-corrected chi connectivity index (χ1v) is 9.36. The fourth-order valence-electron chi connectivity index (χ4n) is 2.62. The molecule has 124 valence electrons. The molecule has 0 aliphatic carbocycles. The van der Waals surface area contributed by atoms with Gasteiger partial charge in [0.15, 0.2) is 0 Å². The maximum atomic E-state index is 12.7. The van der Waals surface area contributed by atoms with Gasteiger partial charge in [-0.25, -0.2) is 0 Å². The predicted octanol–water partition coefficient (Wildman–Crippen LogP) is 6.97. The van der Waals surface area contributed by atoms with Crippen LogP contribution in [0.25, 0.3) is 10.1 Å². The summed E-state index contributed by atoms with van der Waals surface area (Å²) in [6.45, 7) is 4.29. The highest BCUT2D eigenvalue weighted by Gasteiger charge is 2.19. The lowest BCUT2D eigenvalue weighted by Gasteiger charge is -2.15. The molecule has 0 fully saturated rings. The van der Waals surface area contributed by atoms with Gasteiger partial charge in [0.05, 0.1) is 5.02 Å². The van der Waals surface area contributed by atoms with E-state index in [2.05, 4.69) is 25.2 Å². The molecular formula is C19H17Cl2NOS. The lowest BCUT2D eigenvalue weighted by molar-refractivity contribution is 0.103. The SMILES string of the molecule is CCC(C)c1ccccc1NC(=O)c1sc2cc(Cl)ccc2c1Cl. The second-order valence-corrected chi connectivity index (χ2v) is 7.60. The number of benzene rings is 2. The molecule has 5 heteroatoms. The van der Waals surface area contributed by atoms with Crippen molar-refractivity contribution >= 4 is 56.2 Å². The summed E-state index contributed by atoms with van der Waals surface area (Å²) >= 11 is 13.8. The molecule has 2 nitrogen and oxygen atoms in total. The molecule has 1 aromatic heterocycles. The van der Waals surface area contributed by atoms with E-state index in [9.17, 15) is 4.79 Å². The highest BCUT2D eigenvalue weighted by molar-refractivity contribution is 7.21. The van der Waals surface area contributed by atoms with Gasteiger partial charge < -0.3 is 5.32 Å². The van der Waals surface area contributed by atoms with Gasteiger partial charge in [-0.3, -0.25) is 4.79 Å². The lowest BCUT2D eigenvalue weighted by Crippen LogP contribution is -2.13. The van der Waals surface area contributed by atoms with Crippen LogP contribution < -0.4 is 5.32 Å². The van der Waals surface area contributed by atoms with Gasteiger partial charge in [0.25, 0.3) is 5.91 Å². The molecule has 0 bridgehead atoms. The van der Waals surface area contributed by atoms with E-state index in [1.54, 1.807) is 6.07 Å². The van der Waals surface area contributed by atoms with E-state index in [4.69, 9.17) is 23.2 Å². The maximum absolute atomic E-state index is 12.7. The van der Waals surface area contributed by atoms with Crippen molar-refractivity contribution in [2.75, 3.05) is 5.32 Å². The topological polar surface area (TPSA) is 29.1 Å². The Kier molecular flexibility index (Phi) is 5.14. The van der Waals surface area contributed by atoms with Gasteiger partial charge >= 0.3 is 0 Å². The summed E-state index contributed by atoms with van der Waals surface area (Å²) in [5, 5.41) is 4.98. The number of rotatable bonds is 4. The van der Waals surface area contributed by atoms with E-state index in [0.717, 1.165) is 27.8 Å². The van der Waals surface area contributed by atoms with E-state index in [-0.39, 0.29) is 5.91 Å². The van der Waals surface area contributed by atoms with Crippen LogP contribution in [0.3, 0.4) is 0 Å². The summed E-state index contributed by atoms with van der Waals surface area (Å²) in [5.41, 5.74) is 1.97. The largest absolute Gasteiger partial charge is 0.321 e. The molecule has 0 radical (unpaired) electrons. The van der Waals surface area contributed by atoms with Crippen molar-refractivity contribution in [3.8, 4) is 0 Å². The van der Waals surface area contributed by atoms with Gasteiger partial charge in [-0.1, -0.05) is 61.3 Å². The van der Waals surface area contributed by atoms with E-state index >= 15 is 0 Å². The minimum absolute atomic E-state index is 0.187. The zero-order valence-electron chi connectivity index (χ0n) is 13.4. The number of carbonyl (C=O) groups is 1. The fourth-order valence-corrected chi connectivity index (χ4v) is 4.31. The van der Waals surface area contributed by atoms with Crippen LogP contribution in [0.2, 0.25) is 10.0 Å². The van der Waals surface area contributed by atoms with Crippen molar-refractivity contribution in [1.82, 2.24) is 0 Å². The quantitative estimate of drug-likeness (QED) is 0.522. The van der Waals surface area contributed by atoms with Crippen molar-refractivity contribution in [2.24, 2.45) is 0 Å². The van der Waals surface area contributed by atoms with Crippen LogP contribution in [-0.4, -0.2) is 5.91 Å². The van der Waals surface area contributed by atoms with Crippen LogP contribution in [0, 0.1) is 0 Å². The molecule has 24 heavy (non-hydrogen) atoms. The van der Waals surface area contributed by atoms with E-state index in [1.807, 2.05) is 30.3 Å². The van der Waals surface area contributed by atoms with Crippen molar-refractivity contribution in [3.63, 3.8) is 0 Å². The number of amides is 1. The molecule has 1 amide bonds. The molecule has 0 aliphatic rings. The first-order chi connectivity index (χ1) is 11.5. The predicted molar refractivity (Wildman–Crippen MR) is 105 cm³/mol. The van der Waals surface area contributed by atoms with Crippen LogP contribution in [0.5, 0.6) is 0 Å². The highest BCUT2D eigenvalue weighted by atomic mass is 35.5. The van der Waals surface area contributed by atoms with Crippen LogP contribution in [-0.2, 0) is 0 Å². The summed E-state index contributed by atoms with van der Waals surface area (Å²) in [7, 11) is 0. The molecular weight excluding hydrogens is 361 g/mol. The molecule has 3 rings (SSSR count). The molecule has 1 N–H and O–H groups in total. The number of thiophene rings is 1. The normalized spacial score (nSPS) is 12.3. The third-order valence-corrected chi connectivity index (χ3v) is 6.04. The van der Waals surface area contributed by atoms with Crippen molar-refractivity contribution in [3.05, 3.63) is 63.0 Å². The summed E-state index contributed by atoms with van der Waals surface area (Å²) in [5.74, 6) is 0.186. The van der Waals surface area contributed by atoms with Gasteiger partial charge in [0, 0.05) is 20.8 Å². The number of para-hydroxylation sites is 1. The monoisotopic (exact) mass is 377 g/mol. The number of carbonyl (C=O) groups excluding carboxylic acids is 1. The molecule has 0 saturated heterocycles. The van der Waals surface area contributed by atoms with E-state index in [1.165, 1.54) is 11.3 Å². The first kappa shape index (κ1) is 17.3. The Labute approximate surface area is 155 Å². The van der Waals surface area contributed by atoms with E-state index in [0.29, 0.717) is 20.8 Å². The third kappa shape index (κ3) is 3.30. The Hall–Kier alpha value is -1.55. The first-order valence-electron chi connectivity index (χ1n) is 7.79. The summed E-state index contributed by atoms with van der Waals surface area (Å²) in [6, 6.07) is 13.4. The average Bonchev–Trinajstić information content (AvgIpc) is 2.90. The zero-order chi connectivity index (χ0) is 17.3. The number of fused-ring (bicyclic) bond motifs is 1. The molecule has 3 aromatic rings. The summed E-state index contributed by atoms with van der Waals surface area (Å²) in [4.78, 5) is 13.2. The van der Waals surface area contributed by atoms with E-state index < -0.39 is 0 Å². The molecule has 1 unspecified atom stereocenters. The Morgan fingerprint density at radius 3 is 2.71 bits per heavy atom. The van der Waals surface area contributed by atoms with Gasteiger partial charge in [0.1, 0.15) is 4.88 Å². The Morgan fingerprint density at radius 2 is 1.96 bits per heavy atom. The van der Waals surface area contributed by atoms with Crippen LogP contribution in [0.15, 0.2) is 42.5 Å². The molecule has 0 saturated carbocycles. The molecule has 0 aliphatic heterocycles. The second-order valence-electron chi connectivity index (χ2n) is 5.74. The van der Waals surface area contributed by atoms with Gasteiger partial charge in [0.2, 0.25) is 0 Å². The molecule has 2 aromatic carbocycles. The molecule has 0 spiro atoms. The van der Waals surface area contributed by atoms with Crippen molar-refractivity contribution in [2.45, 2.75) is 26.2 Å². The van der Waals surface area contributed by atoms with Crippen LogP contribution in [0.1, 0.15) is 41.4 Å². The average molecular weight is 378 g/mol. The minimum Gasteiger partial charge on any atom is -0.321 e. The van der Waals surface area contributed by atoms with Crippen molar-refractivity contribution in [1.29, 1.82) is 0 Å². The number of hydrogen-bond donors (Lipinski definition) is 1. The Balaban J connectivity index is 1.95. The standard InChI is InChI=1S/C19H17Cl2NOS/c1-3-11(2)13-6-4-5-7-15(13)22-19(23)18-17(21)14-9-8-12(20)10-16(14)24-18/h4-11H,3H2,1-2H3,(H,22,23). The molecule has 1 heterocycles. The minimum atomic E-state index is -0.187. The summed E-state index contributed by atoms with van der Waals surface area (Å²) < 4.78 is 0.910. The maximum Gasteiger partial charge on any atom is 0.267 e. The molecule has 1 atom stereocenters. The number of hydrogen-bond acceptors (Lipinski definition) is 2. The van der Waals surface area contributed by atoms with Crippen molar-refractivity contribution < 1.29 is 4.79 Å². The van der Waals surface area contributed by atoms with Gasteiger partial charge in [-0.15, -0.1) is 11.3 Å². The summed E-state index contributed by atoms with van der Waals surface area (Å²) in [6.07, 6.45) is 1.01. The smallest absolute Gasteiger partial charge is 0.267 e. The zero-order valence-corrected chi connectivity index (χ0v) is 15.7. The van der Waals surface area contributed by atoms with Crippen LogP contribution in [0.4, 0.5) is 5.69 Å².